The Bertz CT molecular complexity index is 322. The molecule has 0 spiro atoms. The standard InChI is InChI=1S/C14H26N2O2/c1-6-14(7-2)13(18)16(11(5)10(3)4)9-8-12(17)15-14/h10-11H,6-9H2,1-5H3,(H,15,17). The molecule has 0 saturated carbocycles. The Labute approximate surface area is 110 Å². The molecule has 4 heteroatoms. The fraction of sp³-hybridized carbons (Fsp3) is 0.857. The van der Waals surface area contributed by atoms with Gasteiger partial charge in [-0.2, -0.15) is 0 Å². The summed E-state index contributed by atoms with van der Waals surface area (Å²) < 4.78 is 0. The summed E-state index contributed by atoms with van der Waals surface area (Å²) >= 11 is 0. The summed E-state index contributed by atoms with van der Waals surface area (Å²) in [6, 6.07) is 0.169. The molecular weight excluding hydrogens is 228 g/mol. The van der Waals surface area contributed by atoms with Crippen LogP contribution in [0.1, 0.15) is 53.9 Å². The van der Waals surface area contributed by atoms with Gasteiger partial charge in [0.1, 0.15) is 5.54 Å². The summed E-state index contributed by atoms with van der Waals surface area (Å²) in [7, 11) is 0. The van der Waals surface area contributed by atoms with Crippen molar-refractivity contribution in [3.05, 3.63) is 0 Å². The summed E-state index contributed by atoms with van der Waals surface area (Å²) in [4.78, 5) is 26.4. The van der Waals surface area contributed by atoms with Crippen LogP contribution in [0, 0.1) is 5.92 Å². The Hall–Kier alpha value is -1.06. The molecule has 0 aromatic rings. The molecule has 18 heavy (non-hydrogen) atoms. The Balaban J connectivity index is 3.07. The van der Waals surface area contributed by atoms with Crippen LogP contribution in [0.3, 0.4) is 0 Å². The molecule has 1 aliphatic heterocycles. The summed E-state index contributed by atoms with van der Waals surface area (Å²) in [6.07, 6.45) is 1.70. The number of carbonyl (C=O) groups is 2. The molecular formula is C14H26N2O2. The minimum Gasteiger partial charge on any atom is -0.342 e. The Morgan fingerprint density at radius 1 is 1.22 bits per heavy atom. The van der Waals surface area contributed by atoms with Gasteiger partial charge in [-0.1, -0.05) is 27.7 Å². The maximum Gasteiger partial charge on any atom is 0.248 e. The predicted molar refractivity (Wildman–Crippen MR) is 72.1 cm³/mol. The van der Waals surface area contributed by atoms with Crippen molar-refractivity contribution in [2.24, 2.45) is 5.92 Å². The number of rotatable bonds is 4. The molecule has 1 heterocycles. The Morgan fingerprint density at radius 2 is 1.78 bits per heavy atom. The van der Waals surface area contributed by atoms with Gasteiger partial charge in [-0.15, -0.1) is 0 Å². The van der Waals surface area contributed by atoms with Crippen molar-refractivity contribution >= 4 is 11.8 Å². The molecule has 1 N–H and O–H groups in total. The first-order valence-corrected chi connectivity index (χ1v) is 7.00. The molecule has 1 atom stereocenters. The van der Waals surface area contributed by atoms with Crippen molar-refractivity contribution in [3.8, 4) is 0 Å². The van der Waals surface area contributed by atoms with Gasteiger partial charge in [-0.25, -0.2) is 0 Å². The van der Waals surface area contributed by atoms with Crippen molar-refractivity contribution in [2.45, 2.75) is 65.5 Å². The molecule has 0 bridgehead atoms. The molecule has 1 rings (SSSR count). The van der Waals surface area contributed by atoms with E-state index in [1.807, 2.05) is 18.7 Å². The van der Waals surface area contributed by atoms with E-state index in [1.165, 1.54) is 0 Å². The van der Waals surface area contributed by atoms with Gasteiger partial charge in [0.15, 0.2) is 0 Å². The van der Waals surface area contributed by atoms with Crippen LogP contribution in [0.15, 0.2) is 0 Å². The third-order valence-electron chi connectivity index (χ3n) is 4.29. The van der Waals surface area contributed by atoms with E-state index < -0.39 is 5.54 Å². The third kappa shape index (κ3) is 2.68. The maximum absolute atomic E-state index is 12.7. The average molecular weight is 254 g/mol. The molecule has 0 radical (unpaired) electrons. The van der Waals surface area contributed by atoms with E-state index in [1.54, 1.807) is 0 Å². The quantitative estimate of drug-likeness (QED) is 0.833. The highest BCUT2D eigenvalue weighted by Crippen LogP contribution is 2.25. The van der Waals surface area contributed by atoms with Crippen molar-refractivity contribution in [1.29, 1.82) is 0 Å². The highest BCUT2D eigenvalue weighted by molar-refractivity contribution is 5.93. The molecule has 0 aromatic carbocycles. The molecule has 1 unspecified atom stereocenters. The molecule has 0 aromatic heterocycles. The number of carbonyl (C=O) groups excluding carboxylic acids is 2. The van der Waals surface area contributed by atoms with E-state index in [2.05, 4.69) is 26.1 Å². The lowest BCUT2D eigenvalue weighted by molar-refractivity contribution is -0.141. The second kappa shape index (κ2) is 5.72. The van der Waals surface area contributed by atoms with Gasteiger partial charge < -0.3 is 10.2 Å². The lowest BCUT2D eigenvalue weighted by atomic mass is 9.90. The number of nitrogens with zero attached hydrogens (tertiary/aromatic N) is 1. The van der Waals surface area contributed by atoms with Gasteiger partial charge in [0.2, 0.25) is 11.8 Å². The van der Waals surface area contributed by atoms with Crippen LogP contribution in [-0.4, -0.2) is 34.8 Å². The monoisotopic (exact) mass is 254 g/mol. The Kier molecular flexibility index (Phi) is 4.77. The summed E-state index contributed by atoms with van der Waals surface area (Å²) in [5, 5.41) is 2.94. The van der Waals surface area contributed by atoms with Crippen molar-refractivity contribution in [1.82, 2.24) is 10.2 Å². The molecule has 1 saturated heterocycles. The smallest absolute Gasteiger partial charge is 0.248 e. The van der Waals surface area contributed by atoms with E-state index in [9.17, 15) is 9.59 Å². The van der Waals surface area contributed by atoms with Crippen molar-refractivity contribution < 1.29 is 9.59 Å². The van der Waals surface area contributed by atoms with Crippen LogP contribution in [0.25, 0.3) is 0 Å². The fourth-order valence-corrected chi connectivity index (χ4v) is 2.46. The first-order chi connectivity index (χ1) is 8.38. The van der Waals surface area contributed by atoms with Gasteiger partial charge in [-0.05, 0) is 25.7 Å². The lowest BCUT2D eigenvalue weighted by Gasteiger charge is -2.38. The third-order valence-corrected chi connectivity index (χ3v) is 4.29. The van der Waals surface area contributed by atoms with Crippen LogP contribution in [0.2, 0.25) is 0 Å². The predicted octanol–water partition coefficient (Wildman–Crippen LogP) is 1.94. The average Bonchev–Trinajstić information content (AvgIpc) is 2.46. The lowest BCUT2D eigenvalue weighted by Crippen LogP contribution is -2.58. The van der Waals surface area contributed by atoms with Crippen LogP contribution < -0.4 is 5.32 Å². The van der Waals surface area contributed by atoms with Crippen LogP contribution >= 0.6 is 0 Å². The molecule has 1 aliphatic rings. The second-order valence-corrected chi connectivity index (χ2v) is 5.57. The van der Waals surface area contributed by atoms with Gasteiger partial charge in [0, 0.05) is 19.0 Å². The van der Waals surface area contributed by atoms with E-state index in [4.69, 9.17) is 0 Å². The largest absolute Gasteiger partial charge is 0.342 e. The van der Waals surface area contributed by atoms with E-state index in [0.717, 1.165) is 0 Å². The number of nitrogens with one attached hydrogen (secondary N) is 1. The zero-order chi connectivity index (χ0) is 13.9. The molecule has 104 valence electrons. The van der Waals surface area contributed by atoms with Gasteiger partial charge in [-0.3, -0.25) is 9.59 Å². The van der Waals surface area contributed by atoms with E-state index in [-0.39, 0.29) is 17.9 Å². The number of hydrogen-bond donors (Lipinski definition) is 1. The minimum absolute atomic E-state index is 0.00879. The van der Waals surface area contributed by atoms with Crippen LogP contribution in [0.5, 0.6) is 0 Å². The summed E-state index contributed by atoms with van der Waals surface area (Å²) in [5.41, 5.74) is -0.698. The van der Waals surface area contributed by atoms with Crippen molar-refractivity contribution in [3.63, 3.8) is 0 Å². The fourth-order valence-electron chi connectivity index (χ4n) is 2.46. The first kappa shape index (κ1) is 15.0. The summed E-state index contributed by atoms with van der Waals surface area (Å²) in [5.74, 6) is 0.471. The first-order valence-electron chi connectivity index (χ1n) is 7.00. The summed E-state index contributed by atoms with van der Waals surface area (Å²) in [6.45, 7) is 10.7. The van der Waals surface area contributed by atoms with Gasteiger partial charge >= 0.3 is 0 Å². The zero-order valence-electron chi connectivity index (χ0n) is 12.2. The number of amides is 2. The SMILES string of the molecule is CCC1(CC)NC(=O)CCN(C(C)C(C)C)C1=O. The Morgan fingerprint density at radius 3 is 2.22 bits per heavy atom. The zero-order valence-corrected chi connectivity index (χ0v) is 12.2. The van der Waals surface area contributed by atoms with Crippen molar-refractivity contribution in [2.75, 3.05) is 6.54 Å². The van der Waals surface area contributed by atoms with E-state index >= 15 is 0 Å². The van der Waals surface area contributed by atoms with Gasteiger partial charge in [0.05, 0.1) is 0 Å². The molecule has 0 aliphatic carbocycles. The minimum atomic E-state index is -0.698. The number of hydrogen-bond acceptors (Lipinski definition) is 2. The highest BCUT2D eigenvalue weighted by atomic mass is 16.2. The molecule has 2 amide bonds. The van der Waals surface area contributed by atoms with E-state index in [0.29, 0.717) is 31.7 Å². The van der Waals surface area contributed by atoms with Crippen LogP contribution in [0.4, 0.5) is 0 Å². The topological polar surface area (TPSA) is 49.4 Å². The van der Waals surface area contributed by atoms with Gasteiger partial charge in [0.25, 0.3) is 0 Å². The second-order valence-electron chi connectivity index (χ2n) is 5.57. The highest BCUT2D eigenvalue weighted by Gasteiger charge is 2.43. The normalized spacial score (nSPS) is 21.8. The molecule has 4 nitrogen and oxygen atoms in total. The van der Waals surface area contributed by atoms with Crippen LogP contribution in [-0.2, 0) is 9.59 Å². The maximum atomic E-state index is 12.7. The molecule has 1 fully saturated rings.